The van der Waals surface area contributed by atoms with Gasteiger partial charge in [0.05, 0.1) is 0 Å². The van der Waals surface area contributed by atoms with Crippen LogP contribution in [0.4, 0.5) is 0 Å². The van der Waals surface area contributed by atoms with Crippen LogP contribution in [0, 0.1) is 5.92 Å². The second kappa shape index (κ2) is 6.60. The van der Waals surface area contributed by atoms with Gasteiger partial charge in [-0.2, -0.15) is 0 Å². The normalized spacial score (nSPS) is 18.8. The van der Waals surface area contributed by atoms with E-state index in [1.807, 2.05) is 6.07 Å². The standard InChI is InChI=1S/C19H21NO3/c1-2-4-15(5-3-1)17(12-14-8-10-21-11-9-14)16-6-7-18-19(13-16)23-20-22-18/h1-7,13-14,17,20H,8-12H2. The summed E-state index contributed by atoms with van der Waals surface area (Å²) in [7, 11) is 0. The van der Waals surface area contributed by atoms with Crippen LogP contribution in [0.3, 0.4) is 0 Å². The van der Waals surface area contributed by atoms with Gasteiger partial charge in [-0.3, -0.25) is 0 Å². The minimum absolute atomic E-state index is 0.369. The zero-order chi connectivity index (χ0) is 15.5. The molecule has 0 saturated carbocycles. The van der Waals surface area contributed by atoms with Crippen molar-refractivity contribution in [1.29, 1.82) is 0 Å². The van der Waals surface area contributed by atoms with Crippen molar-refractivity contribution in [3.05, 3.63) is 59.7 Å². The monoisotopic (exact) mass is 311 g/mol. The van der Waals surface area contributed by atoms with Crippen LogP contribution in [-0.4, -0.2) is 13.2 Å². The van der Waals surface area contributed by atoms with Gasteiger partial charge >= 0.3 is 0 Å². The molecule has 1 unspecified atom stereocenters. The van der Waals surface area contributed by atoms with Gasteiger partial charge in [0.15, 0.2) is 11.5 Å². The number of rotatable bonds is 4. The molecule has 1 N–H and O–H groups in total. The number of benzene rings is 2. The molecule has 0 radical (unpaired) electrons. The third-order valence-corrected chi connectivity index (χ3v) is 4.79. The molecule has 2 aliphatic heterocycles. The lowest BCUT2D eigenvalue weighted by atomic mass is 9.81. The van der Waals surface area contributed by atoms with E-state index in [0.717, 1.165) is 44.0 Å². The Balaban J connectivity index is 1.64. The van der Waals surface area contributed by atoms with E-state index in [0.29, 0.717) is 11.8 Å². The lowest BCUT2D eigenvalue weighted by molar-refractivity contribution is 0.0259. The molecule has 23 heavy (non-hydrogen) atoms. The lowest BCUT2D eigenvalue weighted by Gasteiger charge is -2.27. The molecule has 4 nitrogen and oxygen atoms in total. The Morgan fingerprint density at radius 3 is 2.52 bits per heavy atom. The minimum Gasteiger partial charge on any atom is -0.381 e. The van der Waals surface area contributed by atoms with Crippen LogP contribution in [0.5, 0.6) is 11.5 Å². The number of nitrogens with one attached hydrogen (secondary N) is 1. The summed E-state index contributed by atoms with van der Waals surface area (Å²) in [4.78, 5) is 10.5. The van der Waals surface area contributed by atoms with Crippen molar-refractivity contribution in [1.82, 2.24) is 5.64 Å². The van der Waals surface area contributed by atoms with Crippen molar-refractivity contribution in [2.45, 2.75) is 25.2 Å². The maximum absolute atomic E-state index is 5.51. The fourth-order valence-corrected chi connectivity index (χ4v) is 3.48. The van der Waals surface area contributed by atoms with E-state index in [9.17, 15) is 0 Å². The first kappa shape index (κ1) is 14.5. The number of fused-ring (bicyclic) bond motifs is 1. The van der Waals surface area contributed by atoms with E-state index in [1.165, 1.54) is 11.1 Å². The van der Waals surface area contributed by atoms with Crippen molar-refractivity contribution < 1.29 is 14.4 Å². The Morgan fingerprint density at radius 1 is 0.913 bits per heavy atom. The zero-order valence-corrected chi connectivity index (χ0v) is 13.0. The Morgan fingerprint density at radius 2 is 1.70 bits per heavy atom. The van der Waals surface area contributed by atoms with Gasteiger partial charge in [-0.25, -0.2) is 0 Å². The molecule has 0 spiro atoms. The van der Waals surface area contributed by atoms with Gasteiger partial charge in [-0.05, 0) is 48.4 Å². The van der Waals surface area contributed by atoms with Crippen molar-refractivity contribution in [3.63, 3.8) is 0 Å². The Labute approximate surface area is 136 Å². The molecule has 0 aliphatic carbocycles. The minimum atomic E-state index is 0.369. The predicted molar refractivity (Wildman–Crippen MR) is 87.3 cm³/mol. The molecule has 4 rings (SSSR count). The second-order valence-electron chi connectivity index (χ2n) is 6.25. The van der Waals surface area contributed by atoms with E-state index in [1.54, 1.807) is 0 Å². The molecule has 1 saturated heterocycles. The summed E-state index contributed by atoms with van der Waals surface area (Å²) in [6, 6.07) is 16.9. The van der Waals surface area contributed by atoms with E-state index in [2.05, 4.69) is 48.1 Å². The van der Waals surface area contributed by atoms with Gasteiger partial charge in [-0.1, -0.05) is 36.4 Å². The molecule has 4 heteroatoms. The van der Waals surface area contributed by atoms with Gasteiger partial charge in [0.25, 0.3) is 0 Å². The third kappa shape index (κ3) is 3.19. The van der Waals surface area contributed by atoms with Gasteiger partial charge in [-0.15, -0.1) is 0 Å². The average Bonchev–Trinajstić information content (AvgIpc) is 3.09. The Bertz CT molecular complexity index is 653. The molecule has 1 fully saturated rings. The molecule has 0 aromatic heterocycles. The van der Waals surface area contributed by atoms with Crippen LogP contribution >= 0.6 is 0 Å². The Kier molecular flexibility index (Phi) is 4.18. The van der Waals surface area contributed by atoms with E-state index in [4.69, 9.17) is 14.4 Å². The molecule has 0 bridgehead atoms. The molecule has 0 amide bonds. The zero-order valence-electron chi connectivity index (χ0n) is 13.0. The van der Waals surface area contributed by atoms with Gasteiger partial charge in [0.1, 0.15) is 0 Å². The fourth-order valence-electron chi connectivity index (χ4n) is 3.48. The van der Waals surface area contributed by atoms with E-state index in [-0.39, 0.29) is 0 Å². The van der Waals surface area contributed by atoms with Gasteiger partial charge in [0, 0.05) is 24.8 Å². The SMILES string of the molecule is c1ccc(C(CC2CCOCC2)c2ccc3c(c2)ONO3)cc1. The topological polar surface area (TPSA) is 39.7 Å². The molecular formula is C19H21NO3. The molecule has 1 atom stereocenters. The summed E-state index contributed by atoms with van der Waals surface area (Å²) in [5, 5.41) is 0. The molecular weight excluding hydrogens is 290 g/mol. The summed E-state index contributed by atoms with van der Waals surface area (Å²) >= 11 is 0. The summed E-state index contributed by atoms with van der Waals surface area (Å²) in [6.07, 6.45) is 3.44. The van der Waals surface area contributed by atoms with Gasteiger partial charge < -0.3 is 14.4 Å². The first-order valence-electron chi connectivity index (χ1n) is 8.25. The maximum Gasteiger partial charge on any atom is 0.196 e. The highest BCUT2D eigenvalue weighted by Crippen LogP contribution is 2.39. The highest BCUT2D eigenvalue weighted by atomic mass is 16.9. The third-order valence-electron chi connectivity index (χ3n) is 4.79. The fraction of sp³-hybridized carbons (Fsp3) is 0.368. The van der Waals surface area contributed by atoms with E-state index < -0.39 is 0 Å². The molecule has 2 aliphatic rings. The van der Waals surface area contributed by atoms with Crippen molar-refractivity contribution >= 4 is 0 Å². The predicted octanol–water partition coefficient (Wildman–Crippen LogP) is 3.83. The van der Waals surface area contributed by atoms with Gasteiger partial charge in [0.2, 0.25) is 0 Å². The smallest absolute Gasteiger partial charge is 0.196 e. The van der Waals surface area contributed by atoms with Crippen molar-refractivity contribution in [2.75, 3.05) is 13.2 Å². The molecule has 2 heterocycles. The van der Waals surface area contributed by atoms with Crippen LogP contribution < -0.4 is 15.3 Å². The molecule has 120 valence electrons. The lowest BCUT2D eigenvalue weighted by Crippen LogP contribution is -2.18. The number of ether oxygens (including phenoxy) is 1. The summed E-state index contributed by atoms with van der Waals surface area (Å²) < 4.78 is 5.51. The largest absolute Gasteiger partial charge is 0.381 e. The summed E-state index contributed by atoms with van der Waals surface area (Å²) in [5.41, 5.74) is 5.08. The van der Waals surface area contributed by atoms with Crippen LogP contribution in [0.2, 0.25) is 0 Å². The first-order chi connectivity index (χ1) is 11.4. The van der Waals surface area contributed by atoms with E-state index >= 15 is 0 Å². The van der Waals surface area contributed by atoms with Crippen LogP contribution in [0.25, 0.3) is 0 Å². The quantitative estimate of drug-likeness (QED) is 0.931. The summed E-state index contributed by atoms with van der Waals surface area (Å²) in [6.45, 7) is 1.77. The highest BCUT2D eigenvalue weighted by Gasteiger charge is 2.24. The van der Waals surface area contributed by atoms with Crippen LogP contribution in [0.1, 0.15) is 36.3 Å². The number of hydrogen-bond acceptors (Lipinski definition) is 4. The summed E-state index contributed by atoms with van der Waals surface area (Å²) in [5.74, 6) is 2.58. The average molecular weight is 311 g/mol. The Hall–Kier alpha value is -2.04. The highest BCUT2D eigenvalue weighted by molar-refractivity contribution is 5.46. The number of hydrogen-bond donors (Lipinski definition) is 1. The second-order valence-corrected chi connectivity index (χ2v) is 6.25. The molecule has 2 aromatic rings. The van der Waals surface area contributed by atoms with Crippen LogP contribution in [-0.2, 0) is 4.74 Å². The maximum atomic E-state index is 5.51. The molecule has 2 aromatic carbocycles. The first-order valence-corrected chi connectivity index (χ1v) is 8.25. The van der Waals surface area contributed by atoms with Crippen molar-refractivity contribution in [2.24, 2.45) is 5.92 Å². The van der Waals surface area contributed by atoms with Crippen LogP contribution in [0.15, 0.2) is 48.5 Å². The van der Waals surface area contributed by atoms with Crippen molar-refractivity contribution in [3.8, 4) is 11.5 Å².